The Morgan fingerprint density at radius 1 is 1.29 bits per heavy atom. The molecule has 2 amide bonds. The molecule has 0 fully saturated rings. The number of rotatable bonds is 4. The lowest BCUT2D eigenvalue weighted by molar-refractivity contribution is -0.117. The number of amides is 2. The predicted octanol–water partition coefficient (Wildman–Crippen LogP) is 2.06. The lowest BCUT2D eigenvalue weighted by Gasteiger charge is -2.26. The third-order valence-electron chi connectivity index (χ3n) is 3.51. The summed E-state index contributed by atoms with van der Waals surface area (Å²) >= 11 is 0. The van der Waals surface area contributed by atoms with Gasteiger partial charge >= 0.3 is 0 Å². The first-order chi connectivity index (χ1) is 9.65. The average molecular weight is 291 g/mol. The van der Waals surface area contributed by atoms with Crippen LogP contribution in [0.15, 0.2) is 18.2 Å². The van der Waals surface area contributed by atoms with Crippen LogP contribution in [0.1, 0.15) is 43.1 Å². The van der Waals surface area contributed by atoms with E-state index in [4.69, 9.17) is 5.73 Å². The van der Waals surface area contributed by atoms with Gasteiger partial charge < -0.3 is 16.4 Å². The van der Waals surface area contributed by atoms with E-state index < -0.39 is 0 Å². The van der Waals surface area contributed by atoms with Gasteiger partial charge in [-0.1, -0.05) is 20.8 Å². The van der Waals surface area contributed by atoms with Crippen molar-refractivity contribution in [3.63, 3.8) is 0 Å². The molecular formula is C16H25N3O2. The number of hydrogen-bond donors (Lipinski definition) is 3. The second kappa shape index (κ2) is 6.72. The van der Waals surface area contributed by atoms with Gasteiger partial charge in [-0.3, -0.25) is 9.59 Å². The van der Waals surface area contributed by atoms with Gasteiger partial charge in [-0.25, -0.2) is 0 Å². The normalized spacial score (nSPS) is 12.7. The Hall–Kier alpha value is -1.88. The molecule has 4 N–H and O–H groups in total. The summed E-state index contributed by atoms with van der Waals surface area (Å²) in [5, 5.41) is 5.42. The van der Waals surface area contributed by atoms with E-state index in [0.29, 0.717) is 11.3 Å². The molecule has 0 radical (unpaired) electrons. The van der Waals surface area contributed by atoms with Crippen molar-refractivity contribution in [3.05, 3.63) is 29.3 Å². The topological polar surface area (TPSA) is 84.2 Å². The van der Waals surface area contributed by atoms with E-state index in [1.165, 1.54) is 0 Å². The van der Waals surface area contributed by atoms with Crippen LogP contribution in [0.25, 0.3) is 0 Å². The Balaban J connectivity index is 2.75. The van der Waals surface area contributed by atoms with Gasteiger partial charge in [0.25, 0.3) is 5.91 Å². The van der Waals surface area contributed by atoms with Gasteiger partial charge in [0, 0.05) is 30.8 Å². The lowest BCUT2D eigenvalue weighted by atomic mass is 9.85. The maximum Gasteiger partial charge on any atom is 0.251 e. The van der Waals surface area contributed by atoms with Crippen LogP contribution in [0.2, 0.25) is 0 Å². The first-order valence-corrected chi connectivity index (χ1v) is 7.03. The van der Waals surface area contributed by atoms with Crippen molar-refractivity contribution in [1.29, 1.82) is 0 Å². The summed E-state index contributed by atoms with van der Waals surface area (Å²) in [6.45, 7) is 7.88. The highest BCUT2D eigenvalue weighted by Crippen LogP contribution is 2.21. The summed E-state index contributed by atoms with van der Waals surface area (Å²) in [4.78, 5) is 23.6. The van der Waals surface area contributed by atoms with Crippen molar-refractivity contribution in [3.8, 4) is 0 Å². The smallest absolute Gasteiger partial charge is 0.251 e. The van der Waals surface area contributed by atoms with Crippen molar-refractivity contribution in [2.45, 2.75) is 40.2 Å². The van der Waals surface area contributed by atoms with Gasteiger partial charge in [0.2, 0.25) is 5.91 Å². The molecule has 1 atom stereocenters. The Morgan fingerprint density at radius 2 is 1.90 bits per heavy atom. The van der Waals surface area contributed by atoms with Crippen LogP contribution in [-0.2, 0) is 4.79 Å². The SMILES string of the molecule is CNC(=O)c1ccc(NC(=O)CC(N)C(C)(C)C)c(C)c1. The second-order valence-electron chi connectivity index (χ2n) is 6.33. The van der Waals surface area contributed by atoms with Crippen molar-refractivity contribution in [2.75, 3.05) is 12.4 Å². The number of nitrogens with one attached hydrogen (secondary N) is 2. The predicted molar refractivity (Wildman–Crippen MR) is 85.2 cm³/mol. The van der Waals surface area contributed by atoms with Crippen molar-refractivity contribution in [1.82, 2.24) is 5.32 Å². The standard InChI is InChI=1S/C16H25N3O2/c1-10-8-11(15(21)18-5)6-7-12(10)19-14(20)9-13(17)16(2,3)4/h6-8,13H,9,17H2,1-5H3,(H,18,21)(H,19,20). The van der Waals surface area contributed by atoms with Crippen molar-refractivity contribution in [2.24, 2.45) is 11.1 Å². The van der Waals surface area contributed by atoms with Crippen LogP contribution in [0.3, 0.4) is 0 Å². The van der Waals surface area contributed by atoms with Gasteiger partial charge in [-0.15, -0.1) is 0 Å². The fourth-order valence-electron chi connectivity index (χ4n) is 1.80. The van der Waals surface area contributed by atoms with E-state index >= 15 is 0 Å². The monoisotopic (exact) mass is 291 g/mol. The average Bonchev–Trinajstić information content (AvgIpc) is 2.38. The van der Waals surface area contributed by atoms with Crippen LogP contribution in [0.5, 0.6) is 0 Å². The molecular weight excluding hydrogens is 266 g/mol. The Morgan fingerprint density at radius 3 is 2.38 bits per heavy atom. The molecule has 5 nitrogen and oxygen atoms in total. The zero-order valence-electron chi connectivity index (χ0n) is 13.4. The quantitative estimate of drug-likeness (QED) is 0.794. The van der Waals surface area contributed by atoms with Gasteiger partial charge in [0.15, 0.2) is 0 Å². The van der Waals surface area contributed by atoms with E-state index in [9.17, 15) is 9.59 Å². The molecule has 0 aliphatic rings. The molecule has 0 aromatic heterocycles. The highest BCUT2D eigenvalue weighted by Gasteiger charge is 2.23. The molecule has 5 heteroatoms. The summed E-state index contributed by atoms with van der Waals surface area (Å²) in [7, 11) is 1.58. The molecule has 1 unspecified atom stereocenters. The van der Waals surface area contributed by atoms with Gasteiger partial charge in [-0.05, 0) is 36.1 Å². The number of benzene rings is 1. The number of carbonyl (C=O) groups is 2. The molecule has 0 aliphatic carbocycles. The van der Waals surface area contributed by atoms with Gasteiger partial charge in [-0.2, -0.15) is 0 Å². The summed E-state index contributed by atoms with van der Waals surface area (Å²) in [5.41, 5.74) is 8.01. The molecule has 0 bridgehead atoms. The van der Waals surface area contributed by atoms with Crippen LogP contribution >= 0.6 is 0 Å². The van der Waals surface area contributed by atoms with Crippen molar-refractivity contribution < 1.29 is 9.59 Å². The molecule has 0 spiro atoms. The largest absolute Gasteiger partial charge is 0.355 e. The minimum absolute atomic E-state index is 0.116. The van der Waals surface area contributed by atoms with Crippen LogP contribution < -0.4 is 16.4 Å². The minimum atomic E-state index is -0.206. The zero-order chi connectivity index (χ0) is 16.2. The van der Waals surface area contributed by atoms with E-state index in [2.05, 4.69) is 10.6 Å². The van der Waals surface area contributed by atoms with Crippen molar-refractivity contribution >= 4 is 17.5 Å². The van der Waals surface area contributed by atoms with E-state index in [0.717, 1.165) is 5.56 Å². The van der Waals surface area contributed by atoms with Crippen LogP contribution in [0, 0.1) is 12.3 Å². The highest BCUT2D eigenvalue weighted by molar-refractivity contribution is 5.96. The first kappa shape index (κ1) is 17.2. The maximum atomic E-state index is 12.0. The zero-order valence-corrected chi connectivity index (χ0v) is 13.4. The fourth-order valence-corrected chi connectivity index (χ4v) is 1.80. The Bertz CT molecular complexity index is 533. The molecule has 0 saturated heterocycles. The summed E-state index contributed by atoms with van der Waals surface area (Å²) < 4.78 is 0. The molecule has 0 saturated carbocycles. The second-order valence-corrected chi connectivity index (χ2v) is 6.33. The number of nitrogens with two attached hydrogens (primary N) is 1. The van der Waals surface area contributed by atoms with E-state index in [-0.39, 0.29) is 29.7 Å². The molecule has 116 valence electrons. The molecule has 1 aromatic carbocycles. The third-order valence-corrected chi connectivity index (χ3v) is 3.51. The fraction of sp³-hybridized carbons (Fsp3) is 0.500. The number of hydrogen-bond acceptors (Lipinski definition) is 3. The van der Waals surface area contributed by atoms with Crippen LogP contribution in [0.4, 0.5) is 5.69 Å². The number of aryl methyl sites for hydroxylation is 1. The number of carbonyl (C=O) groups excluding carboxylic acids is 2. The van der Waals surface area contributed by atoms with Gasteiger partial charge in [0.1, 0.15) is 0 Å². The summed E-state index contributed by atoms with van der Waals surface area (Å²) in [6, 6.07) is 4.96. The molecule has 1 rings (SSSR count). The minimum Gasteiger partial charge on any atom is -0.355 e. The Labute approximate surface area is 126 Å². The maximum absolute atomic E-state index is 12.0. The molecule has 1 aromatic rings. The van der Waals surface area contributed by atoms with E-state index in [1.54, 1.807) is 25.2 Å². The molecule has 21 heavy (non-hydrogen) atoms. The summed E-state index contributed by atoms with van der Waals surface area (Å²) in [6.07, 6.45) is 0.264. The Kier molecular flexibility index (Phi) is 5.49. The molecule has 0 aliphatic heterocycles. The summed E-state index contributed by atoms with van der Waals surface area (Å²) in [5.74, 6) is -0.265. The first-order valence-electron chi connectivity index (χ1n) is 7.03. The van der Waals surface area contributed by atoms with Gasteiger partial charge in [0.05, 0.1) is 0 Å². The number of anilines is 1. The molecule has 0 heterocycles. The van der Waals surface area contributed by atoms with E-state index in [1.807, 2.05) is 27.7 Å². The lowest BCUT2D eigenvalue weighted by Crippen LogP contribution is -2.38. The van der Waals surface area contributed by atoms with Crippen LogP contribution in [-0.4, -0.2) is 24.9 Å². The highest BCUT2D eigenvalue weighted by atomic mass is 16.2. The third kappa shape index (κ3) is 4.86.